The lowest BCUT2D eigenvalue weighted by Gasteiger charge is -2.34. The number of anilines is 5. The third kappa shape index (κ3) is 2.69. The summed E-state index contributed by atoms with van der Waals surface area (Å²) in [5, 5.41) is 3.52. The Balaban J connectivity index is 1.57. The molecule has 0 spiro atoms. The van der Waals surface area contributed by atoms with Crippen LogP contribution in [0.4, 0.5) is 34.1 Å². The van der Waals surface area contributed by atoms with Crippen molar-refractivity contribution in [3.05, 3.63) is 108 Å². The van der Waals surface area contributed by atoms with Crippen LogP contribution in [-0.2, 0) is 0 Å². The molecule has 0 aromatic heterocycles. The van der Waals surface area contributed by atoms with Crippen molar-refractivity contribution < 1.29 is 0 Å². The van der Waals surface area contributed by atoms with E-state index in [-0.39, 0.29) is 0 Å². The molecule has 0 fully saturated rings. The lowest BCUT2D eigenvalue weighted by molar-refractivity contribution is 1.25. The van der Waals surface area contributed by atoms with Gasteiger partial charge in [0.05, 0.1) is 29.3 Å². The van der Waals surface area contributed by atoms with Crippen molar-refractivity contribution in [2.24, 2.45) is 0 Å². The van der Waals surface area contributed by atoms with Gasteiger partial charge in [-0.05, 0) is 47.5 Å². The predicted molar refractivity (Wildman–Crippen MR) is 116 cm³/mol. The third-order valence-corrected chi connectivity index (χ3v) is 5.01. The van der Waals surface area contributed by atoms with Crippen LogP contribution in [0.15, 0.2) is 97.1 Å². The van der Waals surface area contributed by atoms with Crippen LogP contribution < -0.4 is 10.2 Å². The van der Waals surface area contributed by atoms with E-state index < -0.39 is 0 Å². The first-order valence-electron chi connectivity index (χ1n) is 9.17. The number of fused-ring (bicyclic) bond motifs is 2. The van der Waals surface area contributed by atoms with Gasteiger partial charge in [-0.15, -0.1) is 0 Å². The summed E-state index contributed by atoms with van der Waals surface area (Å²) < 4.78 is 0. The Morgan fingerprint density at radius 3 is 1.64 bits per heavy atom. The second-order valence-electron chi connectivity index (χ2n) is 6.70. The van der Waals surface area contributed by atoms with Gasteiger partial charge >= 0.3 is 0 Å². The summed E-state index contributed by atoms with van der Waals surface area (Å²) in [5.74, 6) is 0. The van der Waals surface area contributed by atoms with E-state index in [0.29, 0.717) is 5.69 Å². The van der Waals surface area contributed by atoms with E-state index in [1.165, 1.54) is 0 Å². The molecule has 132 valence electrons. The highest BCUT2D eigenvalue weighted by molar-refractivity contribution is 5.96. The number of hydrogen-bond acceptors (Lipinski definition) is 2. The zero-order valence-electron chi connectivity index (χ0n) is 15.1. The molecule has 1 aliphatic rings. The van der Waals surface area contributed by atoms with Crippen molar-refractivity contribution >= 4 is 34.1 Å². The summed E-state index contributed by atoms with van der Waals surface area (Å²) in [4.78, 5) is 5.75. The molecule has 4 aromatic carbocycles. The van der Waals surface area contributed by atoms with Gasteiger partial charge < -0.3 is 10.2 Å². The molecule has 0 radical (unpaired) electrons. The quantitative estimate of drug-likeness (QED) is 0.331. The Morgan fingerprint density at radius 1 is 0.607 bits per heavy atom. The average Bonchev–Trinajstić information content (AvgIpc) is 2.77. The number of benzene rings is 4. The molecule has 5 rings (SSSR count). The van der Waals surface area contributed by atoms with Crippen LogP contribution in [0.2, 0.25) is 0 Å². The Hall–Kier alpha value is -4.03. The van der Waals surface area contributed by atoms with E-state index in [4.69, 9.17) is 6.57 Å². The molecule has 1 aliphatic heterocycles. The largest absolute Gasteiger partial charge is 0.352 e. The van der Waals surface area contributed by atoms with Gasteiger partial charge in [-0.1, -0.05) is 60.7 Å². The van der Waals surface area contributed by atoms with Crippen molar-refractivity contribution in [2.45, 2.75) is 0 Å². The minimum Gasteiger partial charge on any atom is -0.352 e. The Morgan fingerprint density at radius 2 is 1.11 bits per heavy atom. The minimum absolute atomic E-state index is 0.661. The maximum absolute atomic E-state index is 7.09. The maximum Gasteiger partial charge on any atom is 0.187 e. The van der Waals surface area contributed by atoms with Crippen molar-refractivity contribution in [2.75, 3.05) is 10.2 Å². The van der Waals surface area contributed by atoms with E-state index >= 15 is 0 Å². The highest BCUT2D eigenvalue weighted by Gasteiger charge is 2.23. The summed E-state index contributed by atoms with van der Waals surface area (Å²) in [6.07, 6.45) is 0. The van der Waals surface area contributed by atoms with E-state index in [1.807, 2.05) is 36.4 Å². The molecule has 3 heteroatoms. The standard InChI is InChI=1S/C25H17N3/c1-26-20-14-10-18(11-15-20)19-12-16-21(17-13-19)28-24-8-4-2-6-22(24)27-23-7-3-5-9-25(23)28/h2-17,27H. The van der Waals surface area contributed by atoms with Gasteiger partial charge in [-0.2, -0.15) is 0 Å². The first-order chi connectivity index (χ1) is 13.8. The molecule has 4 aromatic rings. The van der Waals surface area contributed by atoms with Gasteiger partial charge in [-0.25, -0.2) is 4.85 Å². The smallest absolute Gasteiger partial charge is 0.187 e. The SMILES string of the molecule is [C-]#[N+]c1ccc(-c2ccc(N3c4ccccc4Nc4ccccc43)cc2)cc1. The summed E-state index contributed by atoms with van der Waals surface area (Å²) in [6.45, 7) is 7.09. The normalized spacial score (nSPS) is 11.8. The second-order valence-corrected chi connectivity index (χ2v) is 6.70. The van der Waals surface area contributed by atoms with Crippen LogP contribution in [0, 0.1) is 6.57 Å². The monoisotopic (exact) mass is 359 g/mol. The summed E-state index contributed by atoms with van der Waals surface area (Å²) in [6, 6.07) is 33.0. The fraction of sp³-hybridized carbons (Fsp3) is 0. The average molecular weight is 359 g/mol. The lowest BCUT2D eigenvalue weighted by Crippen LogP contribution is -2.17. The van der Waals surface area contributed by atoms with Gasteiger partial charge in [0, 0.05) is 5.69 Å². The second kappa shape index (κ2) is 6.61. The van der Waals surface area contributed by atoms with Crippen molar-refractivity contribution in [1.82, 2.24) is 0 Å². The highest BCUT2D eigenvalue weighted by Crippen LogP contribution is 2.47. The predicted octanol–water partition coefficient (Wildman–Crippen LogP) is 7.43. The fourth-order valence-corrected chi connectivity index (χ4v) is 3.63. The number of para-hydroxylation sites is 4. The zero-order chi connectivity index (χ0) is 18.9. The topological polar surface area (TPSA) is 19.6 Å². The van der Waals surface area contributed by atoms with Crippen LogP contribution >= 0.6 is 0 Å². The molecule has 0 bridgehead atoms. The molecule has 0 unspecified atom stereocenters. The number of nitrogens with zero attached hydrogens (tertiary/aromatic N) is 2. The van der Waals surface area contributed by atoms with Crippen LogP contribution in [0.5, 0.6) is 0 Å². The lowest BCUT2D eigenvalue weighted by atomic mass is 10.0. The molecule has 3 nitrogen and oxygen atoms in total. The van der Waals surface area contributed by atoms with Crippen molar-refractivity contribution in [3.8, 4) is 11.1 Å². The third-order valence-electron chi connectivity index (χ3n) is 5.01. The molecule has 0 aliphatic carbocycles. The molecule has 28 heavy (non-hydrogen) atoms. The van der Waals surface area contributed by atoms with Gasteiger partial charge in [0.1, 0.15) is 0 Å². The highest BCUT2D eigenvalue weighted by atomic mass is 15.2. The van der Waals surface area contributed by atoms with E-state index in [2.05, 4.69) is 75.7 Å². The van der Waals surface area contributed by atoms with E-state index in [9.17, 15) is 0 Å². The van der Waals surface area contributed by atoms with Gasteiger partial charge in [0.15, 0.2) is 5.69 Å². The molecular weight excluding hydrogens is 342 g/mol. The molecule has 0 saturated carbocycles. The first-order valence-corrected chi connectivity index (χ1v) is 9.17. The summed E-state index contributed by atoms with van der Waals surface area (Å²) in [5.41, 5.74) is 8.49. The van der Waals surface area contributed by atoms with Gasteiger partial charge in [0.2, 0.25) is 0 Å². The Bertz CT molecular complexity index is 1140. The Labute approximate surface area is 164 Å². The van der Waals surface area contributed by atoms with Crippen molar-refractivity contribution in [1.29, 1.82) is 0 Å². The maximum atomic E-state index is 7.09. The summed E-state index contributed by atoms with van der Waals surface area (Å²) in [7, 11) is 0. The molecule has 0 amide bonds. The number of rotatable bonds is 2. The molecule has 1 N–H and O–H groups in total. The fourth-order valence-electron chi connectivity index (χ4n) is 3.63. The molecule has 0 atom stereocenters. The van der Waals surface area contributed by atoms with E-state index in [0.717, 1.165) is 39.6 Å². The van der Waals surface area contributed by atoms with Crippen LogP contribution in [-0.4, -0.2) is 0 Å². The zero-order valence-corrected chi connectivity index (χ0v) is 15.1. The van der Waals surface area contributed by atoms with Gasteiger partial charge in [-0.3, -0.25) is 0 Å². The van der Waals surface area contributed by atoms with E-state index in [1.54, 1.807) is 0 Å². The molecular formula is C25H17N3. The van der Waals surface area contributed by atoms with Crippen LogP contribution in [0.1, 0.15) is 0 Å². The van der Waals surface area contributed by atoms with Crippen molar-refractivity contribution in [3.63, 3.8) is 0 Å². The first kappa shape index (κ1) is 16.2. The number of hydrogen-bond donors (Lipinski definition) is 1. The minimum atomic E-state index is 0.661. The van der Waals surface area contributed by atoms with Crippen LogP contribution in [0.3, 0.4) is 0 Å². The Kier molecular flexibility index (Phi) is 3.81. The molecule has 1 heterocycles. The molecule has 0 saturated heterocycles. The van der Waals surface area contributed by atoms with Crippen LogP contribution in [0.25, 0.3) is 16.0 Å². The van der Waals surface area contributed by atoms with Gasteiger partial charge in [0.25, 0.3) is 0 Å². The number of nitrogens with one attached hydrogen (secondary N) is 1. The summed E-state index contributed by atoms with van der Waals surface area (Å²) >= 11 is 0.